The number of hydrogen-bond donors (Lipinski definition) is 0. The third-order valence-electron chi connectivity index (χ3n) is 4.87. The Bertz CT molecular complexity index is 706. The lowest BCUT2D eigenvalue weighted by atomic mass is 10.1. The first kappa shape index (κ1) is 21.4. The van der Waals surface area contributed by atoms with Crippen molar-refractivity contribution in [2.24, 2.45) is 4.99 Å². The maximum atomic E-state index is 13.1. The van der Waals surface area contributed by atoms with Crippen molar-refractivity contribution in [3.05, 3.63) is 23.4 Å². The van der Waals surface area contributed by atoms with E-state index in [4.69, 9.17) is 13.5 Å². The summed E-state index contributed by atoms with van der Waals surface area (Å²) >= 11 is 0. The number of aliphatic imine (C=N–C) groups is 1. The van der Waals surface area contributed by atoms with Gasteiger partial charge in [0.2, 0.25) is 0 Å². The van der Waals surface area contributed by atoms with Crippen LogP contribution in [0.1, 0.15) is 52.0 Å². The maximum absolute atomic E-state index is 13.1. The first-order valence-corrected chi connectivity index (χ1v) is 13.6. The van der Waals surface area contributed by atoms with Crippen LogP contribution in [0.15, 0.2) is 17.1 Å². The van der Waals surface area contributed by atoms with Crippen molar-refractivity contribution in [3.63, 3.8) is 0 Å². The molecule has 1 unspecified atom stereocenters. The minimum atomic E-state index is -3.43. The van der Waals surface area contributed by atoms with E-state index in [1.165, 1.54) is 0 Å². The predicted octanol–water partition coefficient (Wildman–Crippen LogP) is 4.47. The molecular formula is C18H31N2O4PSi. The molecule has 0 spiro atoms. The van der Waals surface area contributed by atoms with Crippen LogP contribution >= 0.6 is 7.60 Å². The van der Waals surface area contributed by atoms with Gasteiger partial charge in [0.05, 0.1) is 25.5 Å². The summed E-state index contributed by atoms with van der Waals surface area (Å²) in [5, 5.41) is 0.0812. The number of fused-ring (bicyclic) bond motifs is 1. The summed E-state index contributed by atoms with van der Waals surface area (Å²) in [7, 11) is -5.43. The van der Waals surface area contributed by atoms with E-state index in [0.717, 1.165) is 11.3 Å². The number of pyridine rings is 1. The molecule has 0 amide bonds. The van der Waals surface area contributed by atoms with Gasteiger partial charge >= 0.3 is 7.60 Å². The Balaban J connectivity index is 2.42. The molecule has 8 heteroatoms. The molecule has 0 bridgehead atoms. The Hall–Kier alpha value is -0.853. The van der Waals surface area contributed by atoms with Gasteiger partial charge in [0, 0.05) is 11.8 Å². The Kier molecular flexibility index (Phi) is 6.62. The van der Waals surface area contributed by atoms with Crippen LogP contribution in [0.4, 0.5) is 0 Å². The zero-order chi connectivity index (χ0) is 19.6. The molecule has 1 aliphatic heterocycles. The minimum Gasteiger partial charge on any atom is -0.406 e. The van der Waals surface area contributed by atoms with E-state index < -0.39 is 15.9 Å². The lowest BCUT2D eigenvalue weighted by molar-refractivity contribution is 0.186. The number of hydrogen-bond acceptors (Lipinski definition) is 6. The topological polar surface area (TPSA) is 70.0 Å². The van der Waals surface area contributed by atoms with Gasteiger partial charge in [0.1, 0.15) is 6.10 Å². The van der Waals surface area contributed by atoms with E-state index >= 15 is 0 Å². The summed E-state index contributed by atoms with van der Waals surface area (Å²) in [6.45, 7) is 15.7. The van der Waals surface area contributed by atoms with E-state index in [-0.39, 0.29) is 11.1 Å². The SMILES string of the molecule is CCOP(=O)(OCC)c1ccc2c(n1)C(O[Si](C)(C)C(C)(C)C)CN=C2. The molecule has 2 heterocycles. The Morgan fingerprint density at radius 2 is 1.81 bits per heavy atom. The molecule has 0 saturated heterocycles. The normalized spacial score (nSPS) is 18.0. The average Bonchev–Trinajstić information content (AvgIpc) is 2.54. The molecule has 0 aliphatic carbocycles. The van der Waals surface area contributed by atoms with E-state index in [0.29, 0.717) is 25.2 Å². The van der Waals surface area contributed by atoms with Gasteiger partial charge in [-0.3, -0.25) is 9.56 Å². The van der Waals surface area contributed by atoms with Crippen molar-refractivity contribution in [1.82, 2.24) is 4.98 Å². The number of nitrogens with zero attached hydrogens (tertiary/aromatic N) is 2. The largest absolute Gasteiger partial charge is 0.406 e. The summed E-state index contributed by atoms with van der Waals surface area (Å²) < 4.78 is 30.5. The van der Waals surface area contributed by atoms with Crippen LogP contribution in [0.3, 0.4) is 0 Å². The summed E-state index contributed by atoms with van der Waals surface area (Å²) in [5.41, 5.74) is 1.99. The van der Waals surface area contributed by atoms with Crippen molar-refractivity contribution < 1.29 is 18.0 Å². The zero-order valence-corrected chi connectivity index (χ0v) is 18.8. The van der Waals surface area contributed by atoms with Crippen LogP contribution in [0.25, 0.3) is 0 Å². The van der Waals surface area contributed by atoms with Gasteiger partial charge in [-0.2, -0.15) is 0 Å². The fraction of sp³-hybridized carbons (Fsp3) is 0.667. The number of rotatable bonds is 7. The zero-order valence-electron chi connectivity index (χ0n) is 16.9. The van der Waals surface area contributed by atoms with E-state index in [9.17, 15) is 4.57 Å². The van der Waals surface area contributed by atoms with Crippen molar-refractivity contribution in [3.8, 4) is 0 Å². The molecule has 2 rings (SSSR count). The molecule has 0 aromatic carbocycles. The van der Waals surface area contributed by atoms with Gasteiger partial charge in [-0.1, -0.05) is 20.8 Å². The van der Waals surface area contributed by atoms with Crippen molar-refractivity contribution >= 4 is 27.6 Å². The second kappa shape index (κ2) is 8.03. The van der Waals surface area contributed by atoms with Crippen molar-refractivity contribution in [1.29, 1.82) is 0 Å². The summed E-state index contributed by atoms with van der Waals surface area (Å²) in [5.74, 6) is 0. The first-order valence-electron chi connectivity index (χ1n) is 9.12. The van der Waals surface area contributed by atoms with Crippen molar-refractivity contribution in [2.45, 2.75) is 58.9 Å². The highest BCUT2D eigenvalue weighted by Gasteiger charge is 2.41. The fourth-order valence-electron chi connectivity index (χ4n) is 2.46. The summed E-state index contributed by atoms with van der Waals surface area (Å²) in [6, 6.07) is 3.57. The van der Waals surface area contributed by atoms with Crippen LogP contribution in [-0.4, -0.2) is 39.3 Å². The first-order chi connectivity index (χ1) is 12.0. The second-order valence-corrected chi connectivity index (χ2v) is 14.6. The second-order valence-electron chi connectivity index (χ2n) is 7.84. The van der Waals surface area contributed by atoms with Gasteiger partial charge in [0.15, 0.2) is 13.8 Å². The third-order valence-corrected chi connectivity index (χ3v) is 11.4. The molecule has 1 aromatic rings. The highest BCUT2D eigenvalue weighted by molar-refractivity contribution is 7.61. The fourth-order valence-corrected chi connectivity index (χ4v) is 5.22. The highest BCUT2D eigenvalue weighted by atomic mass is 31.2. The molecule has 6 nitrogen and oxygen atoms in total. The number of aromatic nitrogens is 1. The molecule has 1 aliphatic rings. The quantitative estimate of drug-likeness (QED) is 0.501. The maximum Gasteiger partial charge on any atom is 0.379 e. The van der Waals surface area contributed by atoms with Crippen LogP contribution < -0.4 is 5.44 Å². The van der Waals surface area contributed by atoms with Crippen LogP contribution in [0.5, 0.6) is 0 Å². The molecule has 146 valence electrons. The smallest absolute Gasteiger partial charge is 0.379 e. The van der Waals surface area contributed by atoms with Gasteiger partial charge in [0.25, 0.3) is 0 Å². The minimum absolute atomic E-state index is 0.0812. The van der Waals surface area contributed by atoms with Gasteiger partial charge < -0.3 is 13.5 Å². The van der Waals surface area contributed by atoms with Crippen LogP contribution in [-0.2, 0) is 18.0 Å². The highest BCUT2D eigenvalue weighted by Crippen LogP contribution is 2.47. The van der Waals surface area contributed by atoms with Crippen LogP contribution in [0, 0.1) is 0 Å². The molecular weight excluding hydrogens is 367 g/mol. The Morgan fingerprint density at radius 1 is 1.19 bits per heavy atom. The molecule has 1 atom stereocenters. The average molecular weight is 399 g/mol. The van der Waals surface area contributed by atoms with E-state index in [2.05, 4.69) is 43.8 Å². The standard InChI is InChI=1S/C18H31N2O4PSi/c1-8-22-25(21,23-9-2)16-11-10-14-12-19-13-15(17(14)20-16)24-26(6,7)18(3,4)5/h10-12,15H,8-9,13H2,1-7H3. The molecule has 26 heavy (non-hydrogen) atoms. The Morgan fingerprint density at radius 3 is 2.35 bits per heavy atom. The Labute approximate surface area is 158 Å². The predicted molar refractivity (Wildman–Crippen MR) is 108 cm³/mol. The van der Waals surface area contributed by atoms with Gasteiger partial charge in [-0.15, -0.1) is 0 Å². The third kappa shape index (κ3) is 4.51. The van der Waals surface area contributed by atoms with Crippen molar-refractivity contribution in [2.75, 3.05) is 19.8 Å². The molecule has 0 radical (unpaired) electrons. The molecule has 1 aromatic heterocycles. The lowest BCUT2D eigenvalue weighted by Crippen LogP contribution is -2.43. The molecule has 0 N–H and O–H groups in total. The summed E-state index contributed by atoms with van der Waals surface area (Å²) in [4.78, 5) is 9.09. The monoisotopic (exact) mass is 398 g/mol. The van der Waals surface area contributed by atoms with Crippen LogP contribution in [0.2, 0.25) is 18.1 Å². The van der Waals surface area contributed by atoms with E-state index in [1.807, 2.05) is 6.07 Å². The summed E-state index contributed by atoms with van der Waals surface area (Å²) in [6.07, 6.45) is 1.55. The van der Waals surface area contributed by atoms with E-state index in [1.54, 1.807) is 26.1 Å². The van der Waals surface area contributed by atoms with Gasteiger partial charge in [-0.05, 0) is 44.1 Å². The van der Waals surface area contributed by atoms with Gasteiger partial charge in [-0.25, -0.2) is 4.98 Å². The lowest BCUT2D eigenvalue weighted by Gasteiger charge is -2.39. The molecule has 0 fully saturated rings. The molecule has 0 saturated carbocycles.